The van der Waals surface area contributed by atoms with Gasteiger partial charge in [0.2, 0.25) is 5.91 Å². The molecule has 98 valence electrons. The summed E-state index contributed by atoms with van der Waals surface area (Å²) in [5.74, 6) is -0.0796. The predicted molar refractivity (Wildman–Crippen MR) is 76.2 cm³/mol. The van der Waals surface area contributed by atoms with Gasteiger partial charge in [0.05, 0.1) is 28.7 Å². The van der Waals surface area contributed by atoms with Gasteiger partial charge in [-0.15, -0.1) is 0 Å². The Balaban J connectivity index is 1.89. The minimum atomic E-state index is -0.0796. The Morgan fingerprint density at radius 1 is 1.16 bits per heavy atom. The molecule has 0 aliphatic heterocycles. The smallest absolute Gasteiger partial charge is 0.224 e. The first kappa shape index (κ1) is 13.8. The average Bonchev–Trinajstić information content (AvgIpc) is 2.42. The van der Waals surface area contributed by atoms with Gasteiger partial charge in [-0.25, -0.2) is 0 Å². The van der Waals surface area contributed by atoms with Crippen LogP contribution < -0.4 is 5.32 Å². The number of amides is 1. The number of hydrogen-bond acceptors (Lipinski definition) is 2. The maximum atomic E-state index is 11.8. The zero-order valence-electron chi connectivity index (χ0n) is 10.1. The third-order valence-electron chi connectivity index (χ3n) is 2.54. The molecule has 0 bridgehead atoms. The number of hydrogen-bond donors (Lipinski definition) is 1. The van der Waals surface area contributed by atoms with Crippen LogP contribution in [-0.4, -0.2) is 10.9 Å². The molecule has 2 aromatic rings. The lowest BCUT2D eigenvalue weighted by molar-refractivity contribution is -0.120. The van der Waals surface area contributed by atoms with Gasteiger partial charge in [-0.2, -0.15) is 0 Å². The summed E-state index contributed by atoms with van der Waals surface area (Å²) in [4.78, 5) is 15.9. The fourth-order valence-corrected chi connectivity index (χ4v) is 1.91. The molecule has 1 N–H and O–H groups in total. The molecule has 1 aromatic heterocycles. The fourth-order valence-electron chi connectivity index (χ4n) is 1.59. The Morgan fingerprint density at radius 2 is 2.00 bits per heavy atom. The molecule has 0 radical (unpaired) electrons. The minimum absolute atomic E-state index is 0.0796. The van der Waals surface area contributed by atoms with Crippen molar-refractivity contribution >= 4 is 29.1 Å². The summed E-state index contributed by atoms with van der Waals surface area (Å²) in [5, 5.41) is 3.74. The van der Waals surface area contributed by atoms with Crippen molar-refractivity contribution in [3.63, 3.8) is 0 Å². The molecule has 0 unspecified atom stereocenters. The Labute approximate surface area is 121 Å². The van der Waals surface area contributed by atoms with Crippen LogP contribution in [0.2, 0.25) is 10.0 Å². The molecule has 0 atom stereocenters. The van der Waals surface area contributed by atoms with Crippen molar-refractivity contribution in [2.75, 3.05) is 0 Å². The van der Waals surface area contributed by atoms with Crippen LogP contribution in [0.15, 0.2) is 42.6 Å². The van der Waals surface area contributed by atoms with Crippen LogP contribution >= 0.6 is 23.2 Å². The van der Waals surface area contributed by atoms with E-state index in [-0.39, 0.29) is 12.3 Å². The summed E-state index contributed by atoms with van der Waals surface area (Å²) < 4.78 is 0. The topological polar surface area (TPSA) is 42.0 Å². The molecule has 1 amide bonds. The van der Waals surface area contributed by atoms with E-state index in [2.05, 4.69) is 10.3 Å². The van der Waals surface area contributed by atoms with Gasteiger partial charge in [0, 0.05) is 6.20 Å². The molecule has 0 aliphatic carbocycles. The molecule has 1 aromatic carbocycles. The molecule has 3 nitrogen and oxygen atoms in total. The monoisotopic (exact) mass is 294 g/mol. The van der Waals surface area contributed by atoms with Gasteiger partial charge < -0.3 is 5.32 Å². The molecular weight excluding hydrogens is 283 g/mol. The number of carbonyl (C=O) groups is 1. The van der Waals surface area contributed by atoms with Crippen molar-refractivity contribution in [3.05, 3.63) is 63.9 Å². The summed E-state index contributed by atoms with van der Waals surface area (Å²) in [6.07, 6.45) is 1.96. The summed E-state index contributed by atoms with van der Waals surface area (Å²) in [6, 6.07) is 10.7. The van der Waals surface area contributed by atoms with Crippen LogP contribution in [0.4, 0.5) is 0 Å². The van der Waals surface area contributed by atoms with E-state index in [1.807, 2.05) is 18.2 Å². The maximum absolute atomic E-state index is 11.8. The Morgan fingerprint density at radius 3 is 2.68 bits per heavy atom. The highest BCUT2D eigenvalue weighted by atomic mass is 35.5. The molecule has 0 aliphatic rings. The highest BCUT2D eigenvalue weighted by molar-refractivity contribution is 6.42. The molecule has 0 saturated heterocycles. The van der Waals surface area contributed by atoms with Crippen LogP contribution in [0.1, 0.15) is 11.3 Å². The third-order valence-corrected chi connectivity index (χ3v) is 3.28. The maximum Gasteiger partial charge on any atom is 0.224 e. The van der Waals surface area contributed by atoms with E-state index in [1.54, 1.807) is 24.4 Å². The van der Waals surface area contributed by atoms with Crippen molar-refractivity contribution < 1.29 is 4.79 Å². The molecule has 2 rings (SSSR count). The van der Waals surface area contributed by atoms with Crippen LogP contribution in [0.3, 0.4) is 0 Å². The second kappa shape index (κ2) is 6.55. The minimum Gasteiger partial charge on any atom is -0.350 e. The largest absolute Gasteiger partial charge is 0.350 e. The quantitative estimate of drug-likeness (QED) is 0.940. The van der Waals surface area contributed by atoms with Gasteiger partial charge in [-0.05, 0) is 29.8 Å². The van der Waals surface area contributed by atoms with E-state index in [9.17, 15) is 4.79 Å². The van der Waals surface area contributed by atoms with Gasteiger partial charge in [0.15, 0.2) is 0 Å². The number of nitrogens with one attached hydrogen (secondary N) is 1. The Bertz CT molecular complexity index is 573. The molecule has 0 saturated carbocycles. The van der Waals surface area contributed by atoms with E-state index >= 15 is 0 Å². The van der Waals surface area contributed by atoms with E-state index in [4.69, 9.17) is 23.2 Å². The average molecular weight is 295 g/mol. The number of benzene rings is 1. The van der Waals surface area contributed by atoms with Crippen molar-refractivity contribution in [3.8, 4) is 0 Å². The highest BCUT2D eigenvalue weighted by Crippen LogP contribution is 2.22. The zero-order valence-corrected chi connectivity index (χ0v) is 11.6. The van der Waals surface area contributed by atoms with Gasteiger partial charge in [0.25, 0.3) is 0 Å². The van der Waals surface area contributed by atoms with Crippen LogP contribution in [0, 0.1) is 0 Å². The highest BCUT2D eigenvalue weighted by Gasteiger charge is 2.05. The molecule has 5 heteroatoms. The number of pyridine rings is 1. The molecule has 0 fully saturated rings. The van der Waals surface area contributed by atoms with Crippen molar-refractivity contribution in [2.45, 2.75) is 13.0 Å². The number of rotatable bonds is 4. The third kappa shape index (κ3) is 4.23. The first-order valence-corrected chi connectivity index (χ1v) is 6.51. The number of nitrogens with zero attached hydrogens (tertiary/aromatic N) is 1. The lowest BCUT2D eigenvalue weighted by atomic mass is 10.1. The lowest BCUT2D eigenvalue weighted by Gasteiger charge is -2.05. The summed E-state index contributed by atoms with van der Waals surface area (Å²) >= 11 is 11.7. The summed E-state index contributed by atoms with van der Waals surface area (Å²) in [7, 11) is 0. The van der Waals surface area contributed by atoms with Gasteiger partial charge in [0.1, 0.15) is 0 Å². The van der Waals surface area contributed by atoms with Gasteiger partial charge in [-0.3, -0.25) is 9.78 Å². The van der Waals surface area contributed by atoms with Crippen molar-refractivity contribution in [2.24, 2.45) is 0 Å². The van der Waals surface area contributed by atoms with Crippen LogP contribution in [0.5, 0.6) is 0 Å². The Kier molecular flexibility index (Phi) is 4.77. The summed E-state index contributed by atoms with van der Waals surface area (Å²) in [5.41, 5.74) is 1.65. The van der Waals surface area contributed by atoms with E-state index < -0.39 is 0 Å². The van der Waals surface area contributed by atoms with E-state index in [0.29, 0.717) is 16.6 Å². The van der Waals surface area contributed by atoms with Crippen LogP contribution in [0.25, 0.3) is 0 Å². The second-order valence-electron chi connectivity index (χ2n) is 4.02. The standard InChI is InChI=1S/C14H12Cl2N2O/c15-12-5-4-10(7-13(12)16)8-14(19)18-9-11-3-1-2-6-17-11/h1-7H,8-9H2,(H,18,19). The number of halogens is 2. The Hall–Kier alpha value is -1.58. The molecule has 0 spiro atoms. The second-order valence-corrected chi connectivity index (χ2v) is 4.84. The first-order valence-electron chi connectivity index (χ1n) is 5.75. The predicted octanol–water partition coefficient (Wildman–Crippen LogP) is 3.25. The molecular formula is C14H12Cl2N2O. The van der Waals surface area contributed by atoms with Crippen molar-refractivity contribution in [1.82, 2.24) is 10.3 Å². The SMILES string of the molecule is O=C(Cc1ccc(Cl)c(Cl)c1)NCc1ccccn1. The van der Waals surface area contributed by atoms with Crippen molar-refractivity contribution in [1.29, 1.82) is 0 Å². The number of carbonyl (C=O) groups excluding carboxylic acids is 1. The van der Waals surface area contributed by atoms with Crippen LogP contribution in [-0.2, 0) is 17.8 Å². The van der Waals surface area contributed by atoms with Gasteiger partial charge >= 0.3 is 0 Å². The number of aromatic nitrogens is 1. The van der Waals surface area contributed by atoms with E-state index in [1.165, 1.54) is 0 Å². The lowest BCUT2D eigenvalue weighted by Crippen LogP contribution is -2.24. The fraction of sp³-hybridized carbons (Fsp3) is 0.143. The van der Waals surface area contributed by atoms with Gasteiger partial charge in [-0.1, -0.05) is 35.3 Å². The molecule has 1 heterocycles. The first-order chi connectivity index (χ1) is 9.15. The summed E-state index contributed by atoms with van der Waals surface area (Å²) in [6.45, 7) is 0.418. The normalized spacial score (nSPS) is 10.2. The van der Waals surface area contributed by atoms with E-state index in [0.717, 1.165) is 11.3 Å². The molecule has 19 heavy (non-hydrogen) atoms. The zero-order chi connectivity index (χ0) is 13.7.